The molecule has 1 aliphatic heterocycles. The van der Waals surface area contributed by atoms with E-state index in [-0.39, 0.29) is 6.03 Å². The van der Waals surface area contributed by atoms with Crippen LogP contribution in [0.3, 0.4) is 0 Å². The largest absolute Gasteiger partial charge is 0.469 e. The van der Waals surface area contributed by atoms with Gasteiger partial charge in [0.05, 0.1) is 12.8 Å². The van der Waals surface area contributed by atoms with Crippen LogP contribution in [0.25, 0.3) is 0 Å². The summed E-state index contributed by atoms with van der Waals surface area (Å²) in [5, 5.41) is 3.60. The van der Waals surface area contributed by atoms with Crippen molar-refractivity contribution in [2.24, 2.45) is 5.92 Å². The van der Waals surface area contributed by atoms with Gasteiger partial charge in [-0.15, -0.1) is 11.3 Å². The molecule has 2 aromatic heterocycles. The monoisotopic (exact) mass is 319 g/mol. The zero-order valence-corrected chi connectivity index (χ0v) is 13.8. The first-order valence-electron chi connectivity index (χ1n) is 7.67. The molecule has 3 heterocycles. The third kappa shape index (κ3) is 3.50. The number of hydrogen-bond donors (Lipinski definition) is 1. The Morgan fingerprint density at radius 2 is 2.41 bits per heavy atom. The van der Waals surface area contributed by atoms with Crippen molar-refractivity contribution in [1.82, 2.24) is 9.88 Å². The molecule has 1 N–H and O–H groups in total. The van der Waals surface area contributed by atoms with Crippen LogP contribution in [0.4, 0.5) is 9.93 Å². The fourth-order valence-corrected chi connectivity index (χ4v) is 3.66. The summed E-state index contributed by atoms with van der Waals surface area (Å²) in [6.07, 6.45) is 6.36. The molecule has 0 aliphatic carbocycles. The quantitative estimate of drug-likeness (QED) is 0.933. The first-order chi connectivity index (χ1) is 10.6. The fraction of sp³-hybridized carbons (Fsp3) is 0.500. The predicted molar refractivity (Wildman–Crippen MR) is 87.1 cm³/mol. The van der Waals surface area contributed by atoms with E-state index in [0.717, 1.165) is 37.1 Å². The lowest BCUT2D eigenvalue weighted by Gasteiger charge is -2.19. The number of anilines is 1. The van der Waals surface area contributed by atoms with Crippen LogP contribution in [0.5, 0.6) is 0 Å². The lowest BCUT2D eigenvalue weighted by molar-refractivity contribution is 0.210. The van der Waals surface area contributed by atoms with Crippen molar-refractivity contribution in [3.05, 3.63) is 34.7 Å². The molecule has 0 aromatic carbocycles. The van der Waals surface area contributed by atoms with Crippen molar-refractivity contribution in [2.75, 3.05) is 11.9 Å². The molecule has 6 heteroatoms. The minimum atomic E-state index is -0.0838. The summed E-state index contributed by atoms with van der Waals surface area (Å²) in [4.78, 5) is 19.8. The van der Waals surface area contributed by atoms with E-state index in [1.807, 2.05) is 17.2 Å². The molecule has 0 saturated carbocycles. The highest BCUT2D eigenvalue weighted by molar-refractivity contribution is 7.15. The Hall–Kier alpha value is -1.82. The lowest BCUT2D eigenvalue weighted by Crippen LogP contribution is -2.34. The lowest BCUT2D eigenvalue weighted by atomic mass is 10.1. The van der Waals surface area contributed by atoms with Gasteiger partial charge in [0.25, 0.3) is 0 Å². The van der Waals surface area contributed by atoms with E-state index in [9.17, 15) is 4.79 Å². The van der Waals surface area contributed by atoms with Crippen LogP contribution in [0.2, 0.25) is 0 Å². The van der Waals surface area contributed by atoms with E-state index < -0.39 is 0 Å². The number of amides is 2. The van der Waals surface area contributed by atoms with Gasteiger partial charge >= 0.3 is 6.03 Å². The summed E-state index contributed by atoms with van der Waals surface area (Å²) in [5.74, 6) is 1.60. The van der Waals surface area contributed by atoms with Gasteiger partial charge in [-0.25, -0.2) is 9.78 Å². The molecule has 0 radical (unpaired) electrons. The second kappa shape index (κ2) is 6.52. The summed E-state index contributed by atoms with van der Waals surface area (Å²) < 4.78 is 5.45. The van der Waals surface area contributed by atoms with E-state index >= 15 is 0 Å². The molecule has 5 nitrogen and oxygen atoms in total. The van der Waals surface area contributed by atoms with Crippen LogP contribution >= 0.6 is 11.3 Å². The number of thiazole rings is 1. The maximum Gasteiger partial charge on any atom is 0.323 e. The molecule has 0 saturated heterocycles. The number of aromatic nitrogens is 1. The average Bonchev–Trinajstić information content (AvgIpc) is 3.03. The molecule has 2 amide bonds. The van der Waals surface area contributed by atoms with Crippen molar-refractivity contribution in [3.8, 4) is 0 Å². The molecule has 118 valence electrons. The first-order valence-corrected chi connectivity index (χ1v) is 8.49. The van der Waals surface area contributed by atoms with Gasteiger partial charge in [0.2, 0.25) is 0 Å². The highest BCUT2D eigenvalue weighted by Gasteiger charge is 2.21. The Labute approximate surface area is 134 Å². The van der Waals surface area contributed by atoms with E-state index in [2.05, 4.69) is 24.1 Å². The number of rotatable bonds is 3. The summed E-state index contributed by atoms with van der Waals surface area (Å²) in [5.41, 5.74) is 1.10. The van der Waals surface area contributed by atoms with Gasteiger partial charge in [-0.2, -0.15) is 0 Å². The van der Waals surface area contributed by atoms with Gasteiger partial charge in [-0.05, 0) is 24.8 Å². The number of fused-ring (bicyclic) bond motifs is 1. The van der Waals surface area contributed by atoms with Crippen LogP contribution in [0.15, 0.2) is 22.9 Å². The normalized spacial score (nSPS) is 14.8. The third-order valence-electron chi connectivity index (χ3n) is 3.69. The van der Waals surface area contributed by atoms with Gasteiger partial charge in [0, 0.05) is 29.6 Å². The standard InChI is InChI=1S/C16H21N3O2S/c1-11(2)8-13-9-17-15(22-13)18-16(20)19-6-3-4-14-12(10-19)5-7-21-14/h5,7,9,11H,3-4,6,8,10H2,1-2H3,(H,17,18,20). The SMILES string of the molecule is CC(C)Cc1cnc(NC(=O)N2CCCc3occc3C2)s1. The molecule has 3 rings (SSSR count). The number of hydrogen-bond acceptors (Lipinski definition) is 4. The molecule has 22 heavy (non-hydrogen) atoms. The number of nitrogens with zero attached hydrogens (tertiary/aromatic N) is 2. The van der Waals surface area contributed by atoms with Crippen LogP contribution < -0.4 is 5.32 Å². The number of aryl methyl sites for hydroxylation is 1. The molecule has 0 fully saturated rings. The summed E-state index contributed by atoms with van der Waals surface area (Å²) >= 11 is 1.56. The van der Waals surface area contributed by atoms with Gasteiger partial charge in [-0.3, -0.25) is 5.32 Å². The van der Waals surface area contributed by atoms with Crippen LogP contribution in [-0.2, 0) is 19.4 Å². The van der Waals surface area contributed by atoms with Crippen molar-refractivity contribution in [2.45, 2.75) is 39.7 Å². The molecule has 2 aromatic rings. The number of furan rings is 1. The van der Waals surface area contributed by atoms with Gasteiger partial charge < -0.3 is 9.32 Å². The fourth-order valence-electron chi connectivity index (χ4n) is 2.65. The van der Waals surface area contributed by atoms with Crippen LogP contribution in [-0.4, -0.2) is 22.5 Å². The highest BCUT2D eigenvalue weighted by Crippen LogP contribution is 2.23. The molecule has 0 unspecified atom stereocenters. The summed E-state index contributed by atoms with van der Waals surface area (Å²) in [6.45, 7) is 5.69. The Morgan fingerprint density at radius 3 is 3.23 bits per heavy atom. The van der Waals surface area contributed by atoms with Crippen molar-refractivity contribution < 1.29 is 9.21 Å². The minimum absolute atomic E-state index is 0.0838. The maximum atomic E-state index is 12.4. The molecular weight excluding hydrogens is 298 g/mol. The van der Waals surface area contributed by atoms with Crippen molar-refractivity contribution in [3.63, 3.8) is 0 Å². The summed E-state index contributed by atoms with van der Waals surface area (Å²) in [6, 6.07) is 1.87. The number of carbonyl (C=O) groups excluding carboxylic acids is 1. The van der Waals surface area contributed by atoms with Gasteiger partial charge in [-0.1, -0.05) is 13.8 Å². The molecular formula is C16H21N3O2S. The average molecular weight is 319 g/mol. The highest BCUT2D eigenvalue weighted by atomic mass is 32.1. The molecule has 0 atom stereocenters. The zero-order chi connectivity index (χ0) is 15.5. The second-order valence-electron chi connectivity index (χ2n) is 6.05. The Balaban J connectivity index is 1.63. The van der Waals surface area contributed by atoms with Crippen LogP contribution in [0.1, 0.15) is 36.5 Å². The van der Waals surface area contributed by atoms with E-state index in [1.54, 1.807) is 17.6 Å². The smallest absolute Gasteiger partial charge is 0.323 e. The Kier molecular flexibility index (Phi) is 4.47. The number of nitrogens with one attached hydrogen (secondary N) is 1. The second-order valence-corrected chi connectivity index (χ2v) is 7.17. The topological polar surface area (TPSA) is 58.4 Å². The van der Waals surface area contributed by atoms with Crippen molar-refractivity contribution in [1.29, 1.82) is 0 Å². The van der Waals surface area contributed by atoms with E-state index in [4.69, 9.17) is 4.42 Å². The van der Waals surface area contributed by atoms with E-state index in [1.165, 1.54) is 4.88 Å². The molecule has 0 spiro atoms. The maximum absolute atomic E-state index is 12.4. The first kappa shape index (κ1) is 15.1. The van der Waals surface area contributed by atoms with Gasteiger partial charge in [0.1, 0.15) is 5.76 Å². The minimum Gasteiger partial charge on any atom is -0.469 e. The Morgan fingerprint density at radius 1 is 1.55 bits per heavy atom. The number of urea groups is 1. The van der Waals surface area contributed by atoms with Crippen molar-refractivity contribution >= 4 is 22.5 Å². The Bertz CT molecular complexity index is 647. The molecule has 1 aliphatic rings. The third-order valence-corrected chi connectivity index (χ3v) is 4.63. The zero-order valence-electron chi connectivity index (χ0n) is 13.0. The summed E-state index contributed by atoms with van der Waals surface area (Å²) in [7, 11) is 0. The van der Waals surface area contributed by atoms with Crippen LogP contribution in [0, 0.1) is 5.92 Å². The van der Waals surface area contributed by atoms with Gasteiger partial charge in [0.15, 0.2) is 5.13 Å². The molecule has 0 bridgehead atoms. The number of carbonyl (C=O) groups is 1. The van der Waals surface area contributed by atoms with E-state index in [0.29, 0.717) is 17.6 Å². The predicted octanol–water partition coefficient (Wildman–Crippen LogP) is 3.91.